The average Bonchev–Trinajstić information content (AvgIpc) is 3.02. The molecule has 1 aromatic heterocycles. The van der Waals surface area contributed by atoms with Crippen molar-refractivity contribution in [3.05, 3.63) is 32.6 Å². The molecule has 1 unspecified atom stereocenters. The number of aliphatic hydroxyl groups is 3. The molecule has 1 aliphatic rings. The highest BCUT2D eigenvalue weighted by Crippen LogP contribution is 2.31. The number of H-pyrrole nitrogens is 1. The van der Waals surface area contributed by atoms with Crippen LogP contribution in [0.25, 0.3) is 0 Å². The fourth-order valence-corrected chi connectivity index (χ4v) is 3.39. The summed E-state index contributed by atoms with van der Waals surface area (Å²) in [7, 11) is -4.14. The minimum absolute atomic E-state index is 0.0676. The van der Waals surface area contributed by atoms with Crippen molar-refractivity contribution in [1.29, 1.82) is 0 Å². The van der Waals surface area contributed by atoms with E-state index in [2.05, 4.69) is 10.5 Å². The number of ether oxygens (including phenoxy) is 1. The molecule has 1 aliphatic heterocycles. The van der Waals surface area contributed by atoms with E-state index in [4.69, 9.17) is 29.3 Å². The van der Waals surface area contributed by atoms with Crippen LogP contribution in [0.5, 0.6) is 0 Å². The number of nitrogens with two attached hydrogens (primary N) is 1. The van der Waals surface area contributed by atoms with Gasteiger partial charge in [-0.05, 0) is 19.8 Å². The van der Waals surface area contributed by atoms with Gasteiger partial charge in [-0.1, -0.05) is 0 Å². The Hall–Kier alpha value is -2.47. The number of aromatic amines is 1. The number of carboxylic acid groups (broad SMARTS) is 2. The highest BCUT2D eigenvalue weighted by atomic mass is 31.2. The molecule has 10 N–H and O–H groups in total. The number of aryl methyl sites for hydroxylation is 1. The van der Waals surface area contributed by atoms with Gasteiger partial charge in [0, 0.05) is 37.7 Å². The lowest BCUT2D eigenvalue weighted by Gasteiger charge is -2.32. The van der Waals surface area contributed by atoms with Gasteiger partial charge in [0.25, 0.3) is 5.56 Å². The third kappa shape index (κ3) is 10.3. The van der Waals surface area contributed by atoms with E-state index in [0.717, 1.165) is 10.8 Å². The van der Waals surface area contributed by atoms with Crippen LogP contribution >= 0.6 is 7.75 Å². The molecule has 0 amide bonds. The van der Waals surface area contributed by atoms with E-state index >= 15 is 0 Å². The monoisotopic (exact) mass is 542 g/mol. The summed E-state index contributed by atoms with van der Waals surface area (Å²) in [6.45, 7) is 1.57. The third-order valence-electron chi connectivity index (χ3n) is 5.04. The minimum atomic E-state index is -4.14. The molecule has 18 heteroatoms. The summed E-state index contributed by atoms with van der Waals surface area (Å²) in [6.07, 6.45) is -6.43. The molecule has 0 radical (unpaired) electrons. The van der Waals surface area contributed by atoms with E-state index in [1.807, 2.05) is 0 Å². The van der Waals surface area contributed by atoms with Crippen LogP contribution in [0.15, 0.2) is 15.8 Å². The van der Waals surface area contributed by atoms with Gasteiger partial charge in [-0.25, -0.2) is 14.9 Å². The fourth-order valence-electron chi connectivity index (χ4n) is 3.39. The van der Waals surface area contributed by atoms with Crippen molar-refractivity contribution in [3.8, 4) is 0 Å². The average molecular weight is 542 g/mol. The largest absolute Gasteiger partial charge is 0.481 e. The van der Waals surface area contributed by atoms with E-state index in [9.17, 15) is 34.5 Å². The van der Waals surface area contributed by atoms with Crippen LogP contribution in [0, 0.1) is 6.92 Å². The Kier molecular flexibility index (Phi) is 12.0. The first-order chi connectivity index (χ1) is 16.5. The lowest BCUT2D eigenvalue weighted by molar-refractivity contribution is -0.144. The highest BCUT2D eigenvalue weighted by Gasteiger charge is 2.48. The number of carboxylic acids is 2. The van der Waals surface area contributed by atoms with Gasteiger partial charge in [-0.3, -0.25) is 28.8 Å². The third-order valence-corrected chi connectivity index (χ3v) is 5.04. The summed E-state index contributed by atoms with van der Waals surface area (Å²) in [5, 5.41) is 49.2. The predicted molar refractivity (Wildman–Crippen MR) is 120 cm³/mol. The second kappa shape index (κ2) is 13.7. The summed E-state index contributed by atoms with van der Waals surface area (Å²) in [4.78, 5) is 63.4. The highest BCUT2D eigenvalue weighted by molar-refractivity contribution is 7.49. The first-order valence-corrected chi connectivity index (χ1v) is 12.2. The maximum Gasteiger partial charge on any atom is 0.397 e. The van der Waals surface area contributed by atoms with Crippen molar-refractivity contribution in [2.75, 3.05) is 13.1 Å². The van der Waals surface area contributed by atoms with Gasteiger partial charge >= 0.3 is 25.4 Å². The number of carbonyl (C=O) groups is 2. The first kappa shape index (κ1) is 31.6. The molecule has 0 aliphatic carbocycles. The minimum Gasteiger partial charge on any atom is -0.481 e. The maximum absolute atomic E-state index is 12.1. The first-order valence-electron chi connectivity index (χ1n) is 10.6. The SMILES string of the molecule is Cc1cn([C@@H]2O[C@H](C(O)N(CCCC(=O)O)CCCC(=O)O)[C@@H](O)[C@H]2O)c(=O)[nH]c1=O.NP(=O)(O)O. The molecule has 0 aromatic carbocycles. The summed E-state index contributed by atoms with van der Waals surface area (Å²) < 4.78 is 15.6. The Balaban J connectivity index is 0.00000118. The van der Waals surface area contributed by atoms with Crippen molar-refractivity contribution < 1.29 is 54.2 Å². The zero-order valence-electron chi connectivity index (χ0n) is 19.2. The molecule has 2 rings (SSSR count). The number of aromatic nitrogens is 2. The quantitative estimate of drug-likeness (QED) is 0.0985. The lowest BCUT2D eigenvalue weighted by Crippen LogP contribution is -2.49. The number of aliphatic hydroxyl groups excluding tert-OH is 3. The molecule has 17 nitrogen and oxygen atoms in total. The van der Waals surface area contributed by atoms with Crippen molar-refractivity contribution >= 4 is 19.7 Å². The van der Waals surface area contributed by atoms with Crippen molar-refractivity contribution in [3.63, 3.8) is 0 Å². The molecule has 1 saturated heterocycles. The summed E-state index contributed by atoms with van der Waals surface area (Å²) in [5.41, 5.74) is 2.70. The zero-order valence-corrected chi connectivity index (χ0v) is 20.1. The van der Waals surface area contributed by atoms with E-state index in [0.29, 0.717) is 0 Å². The summed E-state index contributed by atoms with van der Waals surface area (Å²) in [6, 6.07) is 0. The van der Waals surface area contributed by atoms with Gasteiger partial charge in [0.05, 0.1) is 0 Å². The van der Waals surface area contributed by atoms with E-state index < -0.39 is 61.7 Å². The fraction of sp³-hybridized carbons (Fsp3) is 0.667. The summed E-state index contributed by atoms with van der Waals surface area (Å²) >= 11 is 0. The van der Waals surface area contributed by atoms with Gasteiger partial charge in [-0.2, -0.15) is 0 Å². The van der Waals surface area contributed by atoms with Gasteiger partial charge < -0.3 is 40.1 Å². The van der Waals surface area contributed by atoms with Crippen LogP contribution in [-0.2, 0) is 18.9 Å². The Morgan fingerprint density at radius 2 is 1.61 bits per heavy atom. The Morgan fingerprint density at radius 3 is 2.06 bits per heavy atom. The van der Waals surface area contributed by atoms with Crippen LogP contribution in [0.2, 0.25) is 0 Å². The van der Waals surface area contributed by atoms with E-state index in [1.165, 1.54) is 11.8 Å². The number of nitrogens with one attached hydrogen (secondary N) is 1. The molecule has 1 aromatic rings. The van der Waals surface area contributed by atoms with Crippen molar-refractivity contribution in [2.45, 2.75) is 63.4 Å². The Bertz CT molecular complexity index is 1030. The number of rotatable bonds is 11. The van der Waals surface area contributed by atoms with Gasteiger partial charge in [0.2, 0.25) is 0 Å². The standard InChI is InChI=1S/C18H27N3O10.H4NO3P/c1-9-8-21(18(30)19-15(9)28)17-13(27)12(26)14(31-17)16(29)20(6-2-4-10(22)23)7-3-5-11(24)25;1-5(2,3)4/h8,12-14,16-17,26-27,29H,2-7H2,1H3,(H,22,23)(H,24,25)(H,19,28,30);(H4,1,2,3,4)/t12-,13+,14-,16?,17+;/m0./s1. The van der Waals surface area contributed by atoms with Gasteiger partial charge in [0.15, 0.2) is 6.23 Å². The molecule has 206 valence electrons. The Morgan fingerprint density at radius 1 is 1.14 bits per heavy atom. The predicted octanol–water partition coefficient (Wildman–Crippen LogP) is -3.15. The Labute approximate surface area is 203 Å². The van der Waals surface area contributed by atoms with Gasteiger partial charge in [-0.15, -0.1) is 0 Å². The molecule has 0 saturated carbocycles. The van der Waals surface area contributed by atoms with Crippen molar-refractivity contribution in [2.24, 2.45) is 5.50 Å². The van der Waals surface area contributed by atoms with Crippen LogP contribution in [-0.4, -0.2) is 99.3 Å². The van der Waals surface area contributed by atoms with Crippen LogP contribution < -0.4 is 16.8 Å². The molecule has 0 spiro atoms. The maximum atomic E-state index is 12.1. The van der Waals surface area contributed by atoms with Crippen LogP contribution in [0.1, 0.15) is 37.5 Å². The second-order valence-corrected chi connectivity index (χ2v) is 9.16. The van der Waals surface area contributed by atoms with Crippen LogP contribution in [0.4, 0.5) is 0 Å². The number of aliphatic carboxylic acids is 2. The van der Waals surface area contributed by atoms with Crippen molar-refractivity contribution in [1.82, 2.24) is 14.5 Å². The topological polar surface area (TPSA) is 286 Å². The van der Waals surface area contributed by atoms with Crippen LogP contribution in [0.3, 0.4) is 0 Å². The number of nitrogens with zero attached hydrogens (tertiary/aromatic N) is 2. The number of hydrogen-bond donors (Lipinski definition) is 9. The smallest absolute Gasteiger partial charge is 0.397 e. The van der Waals surface area contributed by atoms with E-state index in [-0.39, 0.29) is 44.3 Å². The molecule has 5 atom stereocenters. The molecule has 36 heavy (non-hydrogen) atoms. The molecule has 1 fully saturated rings. The molecule has 0 bridgehead atoms. The summed E-state index contributed by atoms with van der Waals surface area (Å²) in [5.74, 6) is -2.08. The molecule has 2 heterocycles. The molecular weight excluding hydrogens is 511 g/mol. The molecular formula is C18H31N4O13P. The van der Waals surface area contributed by atoms with E-state index in [1.54, 1.807) is 0 Å². The lowest BCUT2D eigenvalue weighted by atomic mass is 10.1. The zero-order chi connectivity index (χ0) is 27.8. The normalized spacial score (nSPS) is 22.7. The van der Waals surface area contributed by atoms with Gasteiger partial charge in [0.1, 0.15) is 24.5 Å². The number of hydrogen-bond acceptors (Lipinski definition) is 10. The second-order valence-electron chi connectivity index (χ2n) is 7.98.